The number of aryl methyl sites for hydroxylation is 1. The number of nitrogens with zero attached hydrogens (tertiary/aromatic N) is 3. The highest BCUT2D eigenvalue weighted by Gasteiger charge is 2.26. The molecule has 0 saturated heterocycles. The molecular formula is C24H25N3. The van der Waals surface area contributed by atoms with Crippen LogP contribution in [-0.4, -0.2) is 21.5 Å². The van der Waals surface area contributed by atoms with Gasteiger partial charge >= 0.3 is 0 Å². The van der Waals surface area contributed by atoms with Gasteiger partial charge in [-0.05, 0) is 37.2 Å². The Hall–Kier alpha value is -2.91. The smallest absolute Gasteiger partial charge is 0.126 e. The van der Waals surface area contributed by atoms with Crippen LogP contribution in [0, 0.1) is 0 Å². The van der Waals surface area contributed by atoms with Crippen molar-refractivity contribution in [1.82, 2.24) is 14.5 Å². The van der Waals surface area contributed by atoms with Crippen LogP contribution >= 0.6 is 0 Å². The van der Waals surface area contributed by atoms with Crippen LogP contribution in [0.2, 0.25) is 0 Å². The summed E-state index contributed by atoms with van der Waals surface area (Å²) in [6.45, 7) is 2.24. The van der Waals surface area contributed by atoms with E-state index in [2.05, 4.69) is 109 Å². The number of hydrogen-bond donors (Lipinski definition) is 0. The molecule has 0 spiro atoms. The van der Waals surface area contributed by atoms with Crippen molar-refractivity contribution in [3.05, 3.63) is 102 Å². The first-order chi connectivity index (χ1) is 13.2. The molecule has 4 rings (SSSR count). The average molecular weight is 355 g/mol. The summed E-state index contributed by atoms with van der Waals surface area (Å²) < 4.78 is 2.21. The van der Waals surface area contributed by atoms with E-state index in [-0.39, 0.29) is 12.1 Å². The molecule has 1 aromatic heterocycles. The van der Waals surface area contributed by atoms with Gasteiger partial charge in [-0.3, -0.25) is 4.90 Å². The summed E-state index contributed by atoms with van der Waals surface area (Å²) in [6.07, 6.45) is 0. The molecule has 0 saturated carbocycles. The monoisotopic (exact) mass is 355 g/mol. The lowest BCUT2D eigenvalue weighted by Crippen LogP contribution is -2.30. The van der Waals surface area contributed by atoms with Crippen LogP contribution in [0.25, 0.3) is 11.0 Å². The van der Waals surface area contributed by atoms with Crippen molar-refractivity contribution in [2.75, 3.05) is 7.05 Å². The van der Waals surface area contributed by atoms with E-state index < -0.39 is 0 Å². The molecule has 0 unspecified atom stereocenters. The van der Waals surface area contributed by atoms with Crippen LogP contribution < -0.4 is 0 Å². The Kier molecular flexibility index (Phi) is 4.78. The molecule has 0 radical (unpaired) electrons. The summed E-state index contributed by atoms with van der Waals surface area (Å²) in [4.78, 5) is 7.33. The molecule has 0 amide bonds. The molecule has 4 aromatic rings. The lowest BCUT2D eigenvalue weighted by molar-refractivity contribution is 0.203. The highest BCUT2D eigenvalue weighted by molar-refractivity contribution is 5.75. The first kappa shape index (κ1) is 17.5. The lowest BCUT2D eigenvalue weighted by Gasteiger charge is -2.33. The third-order valence-corrected chi connectivity index (χ3v) is 5.44. The topological polar surface area (TPSA) is 21.1 Å². The Balaban J connectivity index is 1.76. The third-order valence-electron chi connectivity index (χ3n) is 5.44. The number of hydrogen-bond acceptors (Lipinski definition) is 2. The van der Waals surface area contributed by atoms with Crippen LogP contribution in [0.3, 0.4) is 0 Å². The van der Waals surface area contributed by atoms with Gasteiger partial charge in [-0.1, -0.05) is 72.8 Å². The molecule has 0 aliphatic heterocycles. The molecule has 0 aliphatic carbocycles. The van der Waals surface area contributed by atoms with Crippen molar-refractivity contribution in [3.8, 4) is 0 Å². The van der Waals surface area contributed by atoms with Crippen molar-refractivity contribution in [2.24, 2.45) is 7.05 Å². The molecule has 0 N–H and O–H groups in total. The first-order valence-corrected chi connectivity index (χ1v) is 9.40. The fourth-order valence-electron chi connectivity index (χ4n) is 3.88. The molecule has 1 heterocycles. The summed E-state index contributed by atoms with van der Waals surface area (Å²) in [5.74, 6) is 1.08. The summed E-state index contributed by atoms with van der Waals surface area (Å²) in [5.41, 5.74) is 4.79. The van der Waals surface area contributed by atoms with Crippen LogP contribution in [0.15, 0.2) is 84.9 Å². The normalized spacial score (nSPS) is 12.8. The molecular weight excluding hydrogens is 330 g/mol. The van der Waals surface area contributed by atoms with E-state index in [0.29, 0.717) is 0 Å². The molecule has 0 bridgehead atoms. The first-order valence-electron chi connectivity index (χ1n) is 9.40. The number of rotatable bonds is 5. The minimum atomic E-state index is 0.160. The van der Waals surface area contributed by atoms with Crippen molar-refractivity contribution in [1.29, 1.82) is 0 Å². The van der Waals surface area contributed by atoms with Gasteiger partial charge in [-0.25, -0.2) is 4.98 Å². The molecule has 1 atom stereocenters. The number of fused-ring (bicyclic) bond motifs is 1. The SMILES string of the molecule is C[C@H](c1nc2ccccc2n1C)N(C)C(c1ccccc1)c1ccccc1. The third kappa shape index (κ3) is 3.26. The predicted octanol–water partition coefficient (Wildman–Crippen LogP) is 5.36. The van der Waals surface area contributed by atoms with Crippen LogP contribution in [0.5, 0.6) is 0 Å². The lowest BCUT2D eigenvalue weighted by atomic mass is 9.96. The number of benzene rings is 3. The van der Waals surface area contributed by atoms with Gasteiger partial charge in [-0.2, -0.15) is 0 Å². The fourth-order valence-corrected chi connectivity index (χ4v) is 3.88. The maximum Gasteiger partial charge on any atom is 0.126 e. The molecule has 3 heteroatoms. The Morgan fingerprint density at radius 2 is 1.30 bits per heavy atom. The van der Waals surface area contributed by atoms with E-state index in [0.717, 1.165) is 11.3 Å². The Morgan fingerprint density at radius 1 is 0.778 bits per heavy atom. The Bertz CT molecular complexity index is 982. The quantitative estimate of drug-likeness (QED) is 0.481. The van der Waals surface area contributed by atoms with Crippen LogP contribution in [0.4, 0.5) is 0 Å². The Morgan fingerprint density at radius 3 is 1.85 bits per heavy atom. The molecule has 3 aromatic carbocycles. The second kappa shape index (κ2) is 7.37. The predicted molar refractivity (Wildman–Crippen MR) is 112 cm³/mol. The summed E-state index contributed by atoms with van der Waals surface area (Å²) in [6, 6.07) is 30.0. The minimum Gasteiger partial charge on any atom is -0.330 e. The zero-order valence-corrected chi connectivity index (χ0v) is 16.1. The highest BCUT2D eigenvalue weighted by Crippen LogP contribution is 2.34. The van der Waals surface area contributed by atoms with Crippen LogP contribution in [0.1, 0.15) is 36.0 Å². The zero-order valence-electron chi connectivity index (χ0n) is 16.1. The molecule has 0 fully saturated rings. The number of para-hydroxylation sites is 2. The van der Waals surface area contributed by atoms with E-state index in [1.807, 2.05) is 6.07 Å². The molecule has 3 nitrogen and oxygen atoms in total. The van der Waals surface area contributed by atoms with E-state index >= 15 is 0 Å². The van der Waals surface area contributed by atoms with Gasteiger partial charge in [0.25, 0.3) is 0 Å². The van der Waals surface area contributed by atoms with Gasteiger partial charge in [0.2, 0.25) is 0 Å². The van der Waals surface area contributed by atoms with Crippen molar-refractivity contribution < 1.29 is 0 Å². The van der Waals surface area contributed by atoms with Crippen molar-refractivity contribution in [3.63, 3.8) is 0 Å². The van der Waals surface area contributed by atoms with Gasteiger partial charge in [-0.15, -0.1) is 0 Å². The van der Waals surface area contributed by atoms with Crippen molar-refractivity contribution in [2.45, 2.75) is 19.0 Å². The van der Waals surface area contributed by atoms with Gasteiger partial charge in [0.05, 0.1) is 23.1 Å². The van der Waals surface area contributed by atoms with Gasteiger partial charge in [0.15, 0.2) is 0 Å². The summed E-state index contributed by atoms with van der Waals surface area (Å²) >= 11 is 0. The second-order valence-corrected chi connectivity index (χ2v) is 7.08. The van der Waals surface area contributed by atoms with E-state index in [1.165, 1.54) is 16.6 Å². The maximum atomic E-state index is 4.92. The summed E-state index contributed by atoms with van der Waals surface area (Å²) in [7, 11) is 4.30. The van der Waals surface area contributed by atoms with E-state index in [4.69, 9.17) is 4.98 Å². The van der Waals surface area contributed by atoms with Gasteiger partial charge in [0, 0.05) is 7.05 Å². The summed E-state index contributed by atoms with van der Waals surface area (Å²) in [5, 5.41) is 0. The average Bonchev–Trinajstić information content (AvgIpc) is 3.06. The van der Waals surface area contributed by atoms with Gasteiger partial charge in [0.1, 0.15) is 5.82 Å². The number of aromatic nitrogens is 2. The van der Waals surface area contributed by atoms with E-state index in [9.17, 15) is 0 Å². The largest absolute Gasteiger partial charge is 0.330 e. The van der Waals surface area contributed by atoms with Crippen LogP contribution in [-0.2, 0) is 7.05 Å². The second-order valence-electron chi connectivity index (χ2n) is 7.08. The van der Waals surface area contributed by atoms with E-state index in [1.54, 1.807) is 0 Å². The maximum absolute atomic E-state index is 4.92. The standard InChI is InChI=1S/C24H25N3/c1-18(24-25-21-16-10-11-17-22(21)27(24)3)26(2)23(19-12-6-4-7-13-19)20-14-8-5-9-15-20/h4-18,23H,1-3H3/t18-/m1/s1. The Labute approximate surface area is 160 Å². The number of imidazole rings is 1. The van der Waals surface area contributed by atoms with Gasteiger partial charge < -0.3 is 4.57 Å². The molecule has 0 aliphatic rings. The minimum absolute atomic E-state index is 0.160. The molecule has 136 valence electrons. The molecule has 27 heavy (non-hydrogen) atoms. The van der Waals surface area contributed by atoms with Crippen molar-refractivity contribution >= 4 is 11.0 Å². The fraction of sp³-hybridized carbons (Fsp3) is 0.208. The zero-order chi connectivity index (χ0) is 18.8. The highest BCUT2D eigenvalue weighted by atomic mass is 15.2.